The van der Waals surface area contributed by atoms with Crippen molar-refractivity contribution in [1.29, 1.82) is 0 Å². The average molecular weight is 303 g/mol. The van der Waals surface area contributed by atoms with Gasteiger partial charge in [0.15, 0.2) is 0 Å². The summed E-state index contributed by atoms with van der Waals surface area (Å²) in [6.07, 6.45) is 6.64. The van der Waals surface area contributed by atoms with Crippen LogP contribution in [0, 0.1) is 6.92 Å². The number of carboxylic acids is 1. The molecule has 0 saturated heterocycles. The fourth-order valence-corrected chi connectivity index (χ4v) is 3.20. The van der Waals surface area contributed by atoms with Gasteiger partial charge in [-0.15, -0.1) is 0 Å². The van der Waals surface area contributed by atoms with Crippen molar-refractivity contribution in [3.05, 3.63) is 35.4 Å². The number of aliphatic carboxylic acids is 1. The fraction of sp³-hybridized carbons (Fsp3) is 0.556. The van der Waals surface area contributed by atoms with Gasteiger partial charge in [-0.05, 0) is 31.4 Å². The number of hydrogen-bond donors (Lipinski definition) is 1. The van der Waals surface area contributed by atoms with E-state index >= 15 is 0 Å². The van der Waals surface area contributed by atoms with Crippen molar-refractivity contribution >= 4 is 11.9 Å². The van der Waals surface area contributed by atoms with Gasteiger partial charge in [-0.25, -0.2) is 0 Å². The minimum absolute atomic E-state index is 0.00806. The quantitative estimate of drug-likeness (QED) is 0.845. The highest BCUT2D eigenvalue weighted by atomic mass is 16.4. The van der Waals surface area contributed by atoms with Crippen LogP contribution in [-0.4, -0.2) is 34.5 Å². The molecule has 0 atom stereocenters. The molecule has 120 valence electrons. The molecule has 1 aliphatic carbocycles. The molecule has 0 spiro atoms. The number of carbonyl (C=O) groups is 2. The summed E-state index contributed by atoms with van der Waals surface area (Å²) in [6.45, 7) is 2.23. The zero-order valence-corrected chi connectivity index (χ0v) is 13.3. The highest BCUT2D eigenvalue weighted by Gasteiger charge is 2.26. The molecule has 1 aromatic carbocycles. The third-order valence-corrected chi connectivity index (χ3v) is 4.47. The third kappa shape index (κ3) is 4.33. The largest absolute Gasteiger partial charge is 0.481 e. The molecule has 22 heavy (non-hydrogen) atoms. The van der Waals surface area contributed by atoms with Gasteiger partial charge in [-0.2, -0.15) is 0 Å². The van der Waals surface area contributed by atoms with Crippen LogP contribution in [-0.2, 0) is 4.79 Å². The average Bonchev–Trinajstić information content (AvgIpc) is 2.76. The lowest BCUT2D eigenvalue weighted by molar-refractivity contribution is -0.137. The first-order valence-electron chi connectivity index (χ1n) is 8.18. The number of hydrogen-bond acceptors (Lipinski definition) is 2. The second kappa shape index (κ2) is 7.97. The van der Waals surface area contributed by atoms with E-state index in [0.717, 1.165) is 31.2 Å². The van der Waals surface area contributed by atoms with Crippen molar-refractivity contribution in [3.8, 4) is 0 Å². The molecule has 1 N–H and O–H groups in total. The third-order valence-electron chi connectivity index (χ3n) is 4.47. The van der Waals surface area contributed by atoms with E-state index in [9.17, 15) is 9.59 Å². The maximum atomic E-state index is 12.9. The SMILES string of the molecule is Cc1ccccc1C(=O)N(CCC(=O)O)C1CCCCCC1. The van der Waals surface area contributed by atoms with Gasteiger partial charge in [-0.1, -0.05) is 43.9 Å². The Morgan fingerprint density at radius 2 is 1.77 bits per heavy atom. The highest BCUT2D eigenvalue weighted by molar-refractivity contribution is 5.96. The molecule has 0 heterocycles. The Bertz CT molecular complexity index is 519. The van der Waals surface area contributed by atoms with Gasteiger partial charge in [0.2, 0.25) is 0 Å². The molecule has 4 heteroatoms. The van der Waals surface area contributed by atoms with Crippen LogP contribution in [0.5, 0.6) is 0 Å². The summed E-state index contributed by atoms with van der Waals surface area (Å²) in [4.78, 5) is 25.7. The van der Waals surface area contributed by atoms with Gasteiger partial charge < -0.3 is 10.0 Å². The number of amides is 1. The number of rotatable bonds is 5. The maximum absolute atomic E-state index is 12.9. The van der Waals surface area contributed by atoms with Crippen LogP contribution in [0.2, 0.25) is 0 Å². The van der Waals surface area contributed by atoms with Crippen molar-refractivity contribution in [2.24, 2.45) is 0 Å². The van der Waals surface area contributed by atoms with Crippen LogP contribution < -0.4 is 0 Å². The first-order chi connectivity index (χ1) is 10.6. The van der Waals surface area contributed by atoms with Gasteiger partial charge >= 0.3 is 5.97 Å². The van der Waals surface area contributed by atoms with Crippen LogP contribution in [0.4, 0.5) is 0 Å². The second-order valence-electron chi connectivity index (χ2n) is 6.10. The molecule has 0 radical (unpaired) electrons. The fourth-order valence-electron chi connectivity index (χ4n) is 3.20. The van der Waals surface area contributed by atoms with E-state index in [1.54, 1.807) is 0 Å². The summed E-state index contributed by atoms with van der Waals surface area (Å²) in [7, 11) is 0. The molecule has 1 saturated carbocycles. The predicted molar refractivity (Wildman–Crippen MR) is 86.0 cm³/mol. The summed E-state index contributed by atoms with van der Waals surface area (Å²) >= 11 is 0. The summed E-state index contributed by atoms with van der Waals surface area (Å²) in [5, 5.41) is 8.99. The van der Waals surface area contributed by atoms with Gasteiger partial charge in [0.1, 0.15) is 0 Å². The minimum Gasteiger partial charge on any atom is -0.481 e. The second-order valence-corrected chi connectivity index (χ2v) is 6.10. The molecule has 1 amide bonds. The molecule has 1 aliphatic rings. The topological polar surface area (TPSA) is 57.6 Å². The predicted octanol–water partition coefficient (Wildman–Crippen LogP) is 3.63. The minimum atomic E-state index is -0.851. The van der Waals surface area contributed by atoms with Gasteiger partial charge in [-0.3, -0.25) is 9.59 Å². The first kappa shape index (κ1) is 16.5. The molecule has 4 nitrogen and oxygen atoms in total. The Morgan fingerprint density at radius 1 is 1.14 bits per heavy atom. The van der Waals surface area contributed by atoms with E-state index < -0.39 is 5.97 Å². The van der Waals surface area contributed by atoms with Gasteiger partial charge in [0.25, 0.3) is 5.91 Å². The summed E-state index contributed by atoms with van der Waals surface area (Å²) in [5.74, 6) is -0.873. The number of carboxylic acid groups (broad SMARTS) is 1. The molecule has 0 aliphatic heterocycles. The molecule has 2 rings (SSSR count). The summed E-state index contributed by atoms with van der Waals surface area (Å²) in [5.41, 5.74) is 1.64. The number of benzene rings is 1. The Labute approximate surface area is 132 Å². The Hall–Kier alpha value is -1.84. The maximum Gasteiger partial charge on any atom is 0.305 e. The number of aryl methyl sites for hydroxylation is 1. The van der Waals surface area contributed by atoms with Gasteiger partial charge in [0, 0.05) is 18.2 Å². The standard InChI is InChI=1S/C18H25NO3/c1-14-8-6-7-11-16(14)18(22)19(13-12-17(20)21)15-9-4-2-3-5-10-15/h6-8,11,15H,2-5,9-10,12-13H2,1H3,(H,20,21). The van der Waals surface area contributed by atoms with E-state index in [2.05, 4.69) is 0 Å². The molecule has 0 bridgehead atoms. The van der Waals surface area contributed by atoms with Crippen LogP contribution >= 0.6 is 0 Å². The monoisotopic (exact) mass is 303 g/mol. The van der Waals surface area contributed by atoms with Crippen molar-refractivity contribution in [2.45, 2.75) is 57.9 Å². The van der Waals surface area contributed by atoms with E-state index in [1.807, 2.05) is 36.1 Å². The summed E-state index contributed by atoms with van der Waals surface area (Å²) < 4.78 is 0. The zero-order valence-electron chi connectivity index (χ0n) is 13.3. The summed E-state index contributed by atoms with van der Waals surface area (Å²) in [6, 6.07) is 7.72. The van der Waals surface area contributed by atoms with Crippen LogP contribution in [0.25, 0.3) is 0 Å². The zero-order chi connectivity index (χ0) is 15.9. The lowest BCUT2D eigenvalue weighted by atomic mass is 10.0. The number of carbonyl (C=O) groups excluding carboxylic acids is 1. The van der Waals surface area contributed by atoms with Gasteiger partial charge in [0.05, 0.1) is 6.42 Å². The van der Waals surface area contributed by atoms with Crippen molar-refractivity contribution in [1.82, 2.24) is 4.90 Å². The Balaban J connectivity index is 2.20. The normalized spacial score (nSPS) is 16.0. The van der Waals surface area contributed by atoms with Crippen molar-refractivity contribution < 1.29 is 14.7 Å². The Morgan fingerprint density at radius 3 is 2.36 bits per heavy atom. The molecule has 0 aromatic heterocycles. The van der Waals surface area contributed by atoms with E-state index in [-0.39, 0.29) is 18.4 Å². The molecular weight excluding hydrogens is 278 g/mol. The molecule has 0 unspecified atom stereocenters. The smallest absolute Gasteiger partial charge is 0.305 e. The highest BCUT2D eigenvalue weighted by Crippen LogP contribution is 2.24. The lowest BCUT2D eigenvalue weighted by Gasteiger charge is -2.31. The van der Waals surface area contributed by atoms with Crippen molar-refractivity contribution in [3.63, 3.8) is 0 Å². The Kier molecular flexibility index (Phi) is 5.99. The van der Waals surface area contributed by atoms with Crippen LogP contribution in [0.3, 0.4) is 0 Å². The lowest BCUT2D eigenvalue weighted by Crippen LogP contribution is -2.41. The molecule has 1 fully saturated rings. The first-order valence-corrected chi connectivity index (χ1v) is 8.18. The van der Waals surface area contributed by atoms with E-state index in [1.165, 1.54) is 12.8 Å². The van der Waals surface area contributed by atoms with E-state index in [0.29, 0.717) is 12.1 Å². The van der Waals surface area contributed by atoms with Crippen LogP contribution in [0.1, 0.15) is 60.9 Å². The number of nitrogens with zero attached hydrogens (tertiary/aromatic N) is 1. The van der Waals surface area contributed by atoms with Crippen LogP contribution in [0.15, 0.2) is 24.3 Å². The molecule has 1 aromatic rings. The molecular formula is C18H25NO3. The van der Waals surface area contributed by atoms with E-state index in [4.69, 9.17) is 5.11 Å². The van der Waals surface area contributed by atoms with Crippen molar-refractivity contribution in [2.75, 3.05) is 6.54 Å².